The summed E-state index contributed by atoms with van der Waals surface area (Å²) in [5.41, 5.74) is 5.68. The maximum absolute atomic E-state index is 12.2. The molecule has 3 rings (SSSR count). The Morgan fingerprint density at radius 2 is 1.97 bits per heavy atom. The Bertz CT molecular complexity index is 1030. The average Bonchev–Trinajstić information content (AvgIpc) is 3.14. The van der Waals surface area contributed by atoms with Crippen LogP contribution in [0, 0.1) is 6.92 Å². The molecule has 0 fully saturated rings. The molecule has 0 aliphatic heterocycles. The maximum Gasteiger partial charge on any atom is 0.337 e. The number of nitrogens with zero attached hydrogens (tertiary/aromatic N) is 3. The van der Waals surface area contributed by atoms with Gasteiger partial charge in [0.1, 0.15) is 0 Å². The third kappa shape index (κ3) is 5.03. The Kier molecular flexibility index (Phi) is 6.66. The predicted octanol–water partition coefficient (Wildman–Crippen LogP) is 2.40. The number of carbonyl (C=O) groups is 1. The third-order valence-corrected chi connectivity index (χ3v) is 5.33. The smallest absolute Gasteiger partial charge is 0.337 e. The molecule has 1 aromatic heterocycles. The van der Waals surface area contributed by atoms with Gasteiger partial charge in [0.2, 0.25) is 0 Å². The van der Waals surface area contributed by atoms with Crippen LogP contribution in [0.25, 0.3) is 11.4 Å². The molecule has 0 bridgehead atoms. The summed E-state index contributed by atoms with van der Waals surface area (Å²) in [7, 11) is 0. The number of hydrogen-bond acceptors (Lipinski definition) is 5. The zero-order valence-corrected chi connectivity index (χ0v) is 17.4. The van der Waals surface area contributed by atoms with Crippen LogP contribution in [0.4, 0.5) is 0 Å². The van der Waals surface area contributed by atoms with Crippen molar-refractivity contribution < 1.29 is 14.5 Å². The number of aromatic nitrogens is 3. The van der Waals surface area contributed by atoms with Crippen LogP contribution in [0.3, 0.4) is 0 Å². The first-order valence-corrected chi connectivity index (χ1v) is 10.3. The number of aryl methyl sites for hydroxylation is 1. The number of aromatic amines is 1. The highest BCUT2D eigenvalue weighted by Gasteiger charge is 2.21. The Hall–Kier alpha value is -3.13. The normalized spacial score (nSPS) is 11.5. The van der Waals surface area contributed by atoms with E-state index < -0.39 is 0 Å². The minimum absolute atomic E-state index is 0.124. The molecule has 0 atom stereocenters. The topological polar surface area (TPSA) is 97.1 Å². The van der Waals surface area contributed by atoms with Crippen molar-refractivity contribution in [2.45, 2.75) is 32.5 Å². The standard InChI is InChI=1S/C21H23N5O2S/c1-4-26-20(16-11-9-14(2)10-12-16)24-25-21(26)29-13-19(28)23-22-15(3)17-7-5-6-8-18(17)27/h5-12H,4,13H2,1-3H3,(H2,22,23,27,28). The van der Waals surface area contributed by atoms with Crippen molar-refractivity contribution in [3.8, 4) is 17.1 Å². The summed E-state index contributed by atoms with van der Waals surface area (Å²) in [5.74, 6) is 0.673. The van der Waals surface area contributed by atoms with Gasteiger partial charge in [-0.15, -0.1) is 5.10 Å². The van der Waals surface area contributed by atoms with E-state index in [4.69, 9.17) is 0 Å². The molecule has 29 heavy (non-hydrogen) atoms. The molecule has 1 heterocycles. The summed E-state index contributed by atoms with van der Waals surface area (Å²) < 4.78 is 2.03. The molecule has 150 valence electrons. The predicted molar refractivity (Wildman–Crippen MR) is 112 cm³/mol. The van der Waals surface area contributed by atoms with Gasteiger partial charge in [-0.05, 0) is 50.2 Å². The van der Waals surface area contributed by atoms with Crippen molar-refractivity contribution in [1.29, 1.82) is 0 Å². The van der Waals surface area contributed by atoms with Crippen LogP contribution in [-0.2, 0) is 11.3 Å². The van der Waals surface area contributed by atoms with E-state index in [1.165, 1.54) is 23.4 Å². The highest BCUT2D eigenvalue weighted by atomic mass is 32.2. The minimum atomic E-state index is -0.264. The van der Waals surface area contributed by atoms with Crippen LogP contribution in [0.1, 0.15) is 25.0 Å². The van der Waals surface area contributed by atoms with E-state index >= 15 is 0 Å². The van der Waals surface area contributed by atoms with Gasteiger partial charge in [-0.2, -0.15) is 5.10 Å². The number of hydrogen-bond donors (Lipinski definition) is 2. The largest absolute Gasteiger partial charge is 0.872 e. The number of para-hydroxylation sites is 1. The average molecular weight is 410 g/mol. The minimum Gasteiger partial charge on any atom is -0.872 e. The molecule has 0 aliphatic rings. The third-order valence-electron chi connectivity index (χ3n) is 4.36. The molecule has 2 N–H and O–H groups in total. The van der Waals surface area contributed by atoms with Crippen molar-refractivity contribution in [3.63, 3.8) is 0 Å². The fourth-order valence-electron chi connectivity index (χ4n) is 2.79. The highest BCUT2D eigenvalue weighted by molar-refractivity contribution is 7.99. The first kappa shape index (κ1) is 20.6. The Labute approximate surface area is 173 Å². The van der Waals surface area contributed by atoms with Crippen LogP contribution in [-0.4, -0.2) is 27.6 Å². The molecule has 0 unspecified atom stereocenters. The van der Waals surface area contributed by atoms with Crippen molar-refractivity contribution in [2.75, 3.05) is 5.75 Å². The number of carbonyl (C=O) groups excluding carboxylic acids is 1. The van der Waals surface area contributed by atoms with Gasteiger partial charge in [0, 0.05) is 0 Å². The van der Waals surface area contributed by atoms with E-state index in [1.807, 2.05) is 30.5 Å². The van der Waals surface area contributed by atoms with Crippen LogP contribution in [0.5, 0.6) is 5.75 Å². The lowest BCUT2D eigenvalue weighted by atomic mass is 10.1. The zero-order chi connectivity index (χ0) is 20.8. The van der Waals surface area contributed by atoms with Gasteiger partial charge in [0.05, 0.1) is 28.7 Å². The summed E-state index contributed by atoms with van der Waals surface area (Å²) in [6.45, 7) is 6.49. The summed E-state index contributed by atoms with van der Waals surface area (Å²) in [4.78, 5) is 12.2. The molecular formula is C21H23N5O2S. The molecule has 0 spiro atoms. The zero-order valence-electron chi connectivity index (χ0n) is 16.6. The lowest BCUT2D eigenvalue weighted by Gasteiger charge is -2.12. The molecule has 0 radical (unpaired) electrons. The Morgan fingerprint density at radius 1 is 1.24 bits per heavy atom. The number of nitrogens with one attached hydrogen (secondary N) is 2. The van der Waals surface area contributed by atoms with Gasteiger partial charge in [-0.1, -0.05) is 47.7 Å². The van der Waals surface area contributed by atoms with E-state index in [2.05, 4.69) is 32.9 Å². The van der Waals surface area contributed by atoms with Crippen LogP contribution in [0.2, 0.25) is 0 Å². The van der Waals surface area contributed by atoms with Crippen LogP contribution >= 0.6 is 11.8 Å². The van der Waals surface area contributed by atoms with Gasteiger partial charge in [-0.25, -0.2) is 9.99 Å². The number of hydrazone groups is 1. The maximum atomic E-state index is 12.2. The first-order valence-electron chi connectivity index (χ1n) is 9.27. The van der Waals surface area contributed by atoms with Gasteiger partial charge < -0.3 is 5.11 Å². The molecule has 0 aliphatic carbocycles. The van der Waals surface area contributed by atoms with Gasteiger partial charge in [0.25, 0.3) is 11.7 Å². The van der Waals surface area contributed by atoms with E-state index in [1.54, 1.807) is 25.1 Å². The number of rotatable bonds is 7. The Balaban J connectivity index is 1.64. The summed E-state index contributed by atoms with van der Waals surface area (Å²) in [5, 5.41) is 24.0. The van der Waals surface area contributed by atoms with Gasteiger partial charge in [0.15, 0.2) is 0 Å². The second-order valence-corrected chi connectivity index (χ2v) is 7.42. The number of amides is 1. The summed E-state index contributed by atoms with van der Waals surface area (Å²) in [6, 6.07) is 14.8. The lowest BCUT2D eigenvalue weighted by Crippen LogP contribution is -2.36. The highest BCUT2D eigenvalue weighted by Crippen LogP contribution is 2.18. The van der Waals surface area contributed by atoms with Crippen LogP contribution in [0.15, 0.2) is 58.8 Å². The van der Waals surface area contributed by atoms with Gasteiger partial charge >= 0.3 is 5.16 Å². The van der Waals surface area contributed by atoms with Gasteiger partial charge in [-0.3, -0.25) is 4.79 Å². The van der Waals surface area contributed by atoms with Crippen molar-refractivity contribution in [1.82, 2.24) is 15.6 Å². The van der Waals surface area contributed by atoms with Crippen molar-refractivity contribution in [2.24, 2.45) is 5.10 Å². The monoisotopic (exact) mass is 409 g/mol. The number of benzene rings is 2. The molecule has 0 saturated carbocycles. The SMILES string of the molecule is CC[n+]1c(SCC(=O)NN=C(C)c2ccccc2[O-])n[nH]c1-c1ccc(C)cc1. The Morgan fingerprint density at radius 3 is 2.66 bits per heavy atom. The van der Waals surface area contributed by atoms with E-state index in [0.29, 0.717) is 11.3 Å². The lowest BCUT2D eigenvalue weighted by molar-refractivity contribution is -0.719. The van der Waals surface area contributed by atoms with Crippen molar-refractivity contribution >= 4 is 23.4 Å². The molecule has 0 saturated heterocycles. The molecule has 3 aromatic rings. The summed E-state index contributed by atoms with van der Waals surface area (Å²) in [6.07, 6.45) is 0. The van der Waals surface area contributed by atoms with E-state index in [-0.39, 0.29) is 17.4 Å². The number of thioether (sulfide) groups is 1. The molecular weight excluding hydrogens is 386 g/mol. The van der Waals surface area contributed by atoms with E-state index in [0.717, 1.165) is 23.1 Å². The second-order valence-electron chi connectivity index (χ2n) is 6.48. The second kappa shape index (κ2) is 9.38. The quantitative estimate of drug-likeness (QED) is 0.271. The molecule has 8 heteroatoms. The fourth-order valence-corrected chi connectivity index (χ4v) is 3.60. The first-order chi connectivity index (χ1) is 14.0. The molecule has 2 aromatic carbocycles. The van der Waals surface area contributed by atoms with E-state index in [9.17, 15) is 9.90 Å². The van der Waals surface area contributed by atoms with Crippen molar-refractivity contribution in [3.05, 3.63) is 59.7 Å². The molecule has 1 amide bonds. The van der Waals surface area contributed by atoms with Crippen LogP contribution < -0.4 is 15.1 Å². The number of H-pyrrole nitrogens is 1. The fraction of sp³-hybridized carbons (Fsp3) is 0.238. The summed E-state index contributed by atoms with van der Waals surface area (Å²) >= 11 is 1.33. The molecule has 7 nitrogen and oxygen atoms in total.